The SMILES string of the molecule is CCOc1ccc(NC(=O)OCCN(C)C)cc1. The van der Waals surface area contributed by atoms with E-state index < -0.39 is 6.09 Å². The number of likely N-dealkylation sites (N-methyl/N-ethyl adjacent to an activating group) is 1. The van der Waals surface area contributed by atoms with Gasteiger partial charge in [0.2, 0.25) is 0 Å². The first kappa shape index (κ1) is 14.3. The molecule has 5 heteroatoms. The monoisotopic (exact) mass is 252 g/mol. The molecule has 1 amide bonds. The smallest absolute Gasteiger partial charge is 0.411 e. The standard InChI is InChI=1S/C13H20N2O3/c1-4-17-12-7-5-11(6-8-12)14-13(16)18-10-9-15(2)3/h5-8H,4,9-10H2,1-3H3,(H,14,16). The van der Waals surface area contributed by atoms with Crippen molar-refractivity contribution in [3.05, 3.63) is 24.3 Å². The summed E-state index contributed by atoms with van der Waals surface area (Å²) in [6.07, 6.45) is -0.444. The highest BCUT2D eigenvalue weighted by Crippen LogP contribution is 2.15. The maximum absolute atomic E-state index is 11.4. The van der Waals surface area contributed by atoms with Crippen molar-refractivity contribution >= 4 is 11.8 Å². The van der Waals surface area contributed by atoms with E-state index in [9.17, 15) is 4.79 Å². The molecule has 0 heterocycles. The normalized spacial score (nSPS) is 10.2. The van der Waals surface area contributed by atoms with Gasteiger partial charge in [-0.15, -0.1) is 0 Å². The van der Waals surface area contributed by atoms with Gasteiger partial charge in [-0.3, -0.25) is 5.32 Å². The zero-order valence-corrected chi connectivity index (χ0v) is 11.1. The van der Waals surface area contributed by atoms with Gasteiger partial charge in [-0.2, -0.15) is 0 Å². The van der Waals surface area contributed by atoms with Crippen molar-refractivity contribution in [1.29, 1.82) is 0 Å². The van der Waals surface area contributed by atoms with Crippen LogP contribution in [0.1, 0.15) is 6.92 Å². The van der Waals surface area contributed by atoms with Gasteiger partial charge in [0.25, 0.3) is 0 Å². The second-order valence-electron chi connectivity index (χ2n) is 4.02. The number of carbonyl (C=O) groups is 1. The highest BCUT2D eigenvalue weighted by Gasteiger charge is 2.03. The van der Waals surface area contributed by atoms with E-state index in [-0.39, 0.29) is 0 Å². The van der Waals surface area contributed by atoms with Crippen LogP contribution < -0.4 is 10.1 Å². The molecule has 100 valence electrons. The van der Waals surface area contributed by atoms with Crippen LogP contribution in [0, 0.1) is 0 Å². The Hall–Kier alpha value is -1.75. The van der Waals surface area contributed by atoms with Crippen molar-refractivity contribution in [1.82, 2.24) is 4.90 Å². The van der Waals surface area contributed by atoms with Crippen LogP contribution in [0.2, 0.25) is 0 Å². The number of carbonyl (C=O) groups excluding carboxylic acids is 1. The maximum atomic E-state index is 11.4. The van der Waals surface area contributed by atoms with Crippen LogP contribution in [-0.2, 0) is 4.74 Å². The lowest BCUT2D eigenvalue weighted by Gasteiger charge is -2.11. The largest absolute Gasteiger partial charge is 0.494 e. The van der Waals surface area contributed by atoms with Gasteiger partial charge >= 0.3 is 6.09 Å². The van der Waals surface area contributed by atoms with E-state index in [2.05, 4.69) is 5.32 Å². The molecule has 0 spiro atoms. The number of nitrogens with one attached hydrogen (secondary N) is 1. The Bertz CT molecular complexity index is 363. The summed E-state index contributed by atoms with van der Waals surface area (Å²) in [6.45, 7) is 3.63. The zero-order chi connectivity index (χ0) is 13.4. The molecule has 0 saturated carbocycles. The summed E-state index contributed by atoms with van der Waals surface area (Å²) in [5.74, 6) is 0.782. The van der Waals surface area contributed by atoms with E-state index in [1.54, 1.807) is 24.3 Å². The number of hydrogen-bond acceptors (Lipinski definition) is 4. The number of amides is 1. The molecule has 0 atom stereocenters. The minimum absolute atomic E-state index is 0.371. The second-order valence-corrected chi connectivity index (χ2v) is 4.02. The van der Waals surface area contributed by atoms with Crippen molar-refractivity contribution in [3.63, 3.8) is 0 Å². The molecule has 0 aliphatic carbocycles. The minimum Gasteiger partial charge on any atom is -0.494 e. The average Bonchev–Trinajstić information content (AvgIpc) is 2.31. The first-order chi connectivity index (χ1) is 8.61. The van der Waals surface area contributed by atoms with Crippen LogP contribution in [0.15, 0.2) is 24.3 Å². The molecule has 5 nitrogen and oxygen atoms in total. The molecular formula is C13H20N2O3. The molecule has 1 aromatic carbocycles. The molecule has 0 saturated heterocycles. The topological polar surface area (TPSA) is 50.8 Å². The number of hydrogen-bond donors (Lipinski definition) is 1. The number of anilines is 1. The summed E-state index contributed by atoms with van der Waals surface area (Å²) in [6, 6.07) is 7.16. The van der Waals surface area contributed by atoms with Gasteiger partial charge < -0.3 is 14.4 Å². The number of rotatable bonds is 6. The van der Waals surface area contributed by atoms with Crippen molar-refractivity contribution in [2.75, 3.05) is 39.2 Å². The number of nitrogens with zero attached hydrogens (tertiary/aromatic N) is 1. The number of ether oxygens (including phenoxy) is 2. The van der Waals surface area contributed by atoms with Crippen molar-refractivity contribution in [3.8, 4) is 5.75 Å². The quantitative estimate of drug-likeness (QED) is 0.843. The lowest BCUT2D eigenvalue weighted by Crippen LogP contribution is -2.22. The average molecular weight is 252 g/mol. The van der Waals surface area contributed by atoms with E-state index in [4.69, 9.17) is 9.47 Å². The molecule has 0 aliphatic heterocycles. The zero-order valence-electron chi connectivity index (χ0n) is 11.1. The Kier molecular flexibility index (Phi) is 6.00. The van der Waals surface area contributed by atoms with Crippen LogP contribution in [0.3, 0.4) is 0 Å². The summed E-state index contributed by atoms with van der Waals surface area (Å²) < 4.78 is 10.3. The molecule has 1 N–H and O–H groups in total. The molecule has 0 bridgehead atoms. The Labute approximate surface area is 108 Å². The minimum atomic E-state index is -0.444. The first-order valence-corrected chi connectivity index (χ1v) is 5.93. The van der Waals surface area contributed by atoms with Gasteiger partial charge in [0.1, 0.15) is 12.4 Å². The molecule has 0 radical (unpaired) electrons. The Morgan fingerprint density at radius 2 is 1.94 bits per heavy atom. The van der Waals surface area contributed by atoms with Crippen LogP contribution in [0.25, 0.3) is 0 Å². The molecule has 1 aromatic rings. The fourth-order valence-corrected chi connectivity index (χ4v) is 1.28. The summed E-state index contributed by atoms with van der Waals surface area (Å²) in [7, 11) is 3.85. The van der Waals surface area contributed by atoms with Gasteiger partial charge in [0.15, 0.2) is 0 Å². The van der Waals surface area contributed by atoms with Gasteiger partial charge in [-0.05, 0) is 45.3 Å². The van der Waals surface area contributed by atoms with Gasteiger partial charge in [0.05, 0.1) is 6.61 Å². The third-order valence-electron chi connectivity index (χ3n) is 2.18. The predicted octanol–water partition coefficient (Wildman–Crippen LogP) is 2.20. The molecule has 0 unspecified atom stereocenters. The van der Waals surface area contributed by atoms with Crippen molar-refractivity contribution in [2.24, 2.45) is 0 Å². The Morgan fingerprint density at radius 3 is 2.50 bits per heavy atom. The van der Waals surface area contributed by atoms with Crippen LogP contribution >= 0.6 is 0 Å². The maximum Gasteiger partial charge on any atom is 0.411 e. The second kappa shape index (κ2) is 7.55. The molecule has 0 aliphatic rings. The van der Waals surface area contributed by atoms with Gasteiger partial charge in [-0.25, -0.2) is 4.79 Å². The molecule has 18 heavy (non-hydrogen) atoms. The molecule has 0 aromatic heterocycles. The van der Waals surface area contributed by atoms with E-state index >= 15 is 0 Å². The van der Waals surface area contributed by atoms with E-state index in [0.717, 1.165) is 5.75 Å². The van der Waals surface area contributed by atoms with Crippen molar-refractivity contribution in [2.45, 2.75) is 6.92 Å². The Morgan fingerprint density at radius 1 is 1.28 bits per heavy atom. The van der Waals surface area contributed by atoms with E-state index in [1.165, 1.54) is 0 Å². The third-order valence-corrected chi connectivity index (χ3v) is 2.18. The van der Waals surface area contributed by atoms with Crippen molar-refractivity contribution < 1.29 is 14.3 Å². The lowest BCUT2D eigenvalue weighted by atomic mass is 10.3. The lowest BCUT2D eigenvalue weighted by molar-refractivity contribution is 0.151. The van der Waals surface area contributed by atoms with E-state index in [1.807, 2.05) is 25.9 Å². The molecule has 0 fully saturated rings. The third kappa shape index (κ3) is 5.54. The summed E-state index contributed by atoms with van der Waals surface area (Å²) in [5, 5.41) is 2.65. The number of benzene rings is 1. The Balaban J connectivity index is 2.35. The molecular weight excluding hydrogens is 232 g/mol. The van der Waals surface area contributed by atoms with Gasteiger partial charge in [0, 0.05) is 12.2 Å². The van der Waals surface area contributed by atoms with Gasteiger partial charge in [-0.1, -0.05) is 0 Å². The fourth-order valence-electron chi connectivity index (χ4n) is 1.28. The summed E-state index contributed by atoms with van der Waals surface area (Å²) >= 11 is 0. The molecule has 1 rings (SSSR count). The van der Waals surface area contributed by atoms with Crippen LogP contribution in [0.4, 0.5) is 10.5 Å². The summed E-state index contributed by atoms with van der Waals surface area (Å²) in [4.78, 5) is 13.4. The predicted molar refractivity (Wildman–Crippen MR) is 71.1 cm³/mol. The van der Waals surface area contributed by atoms with Crippen LogP contribution in [-0.4, -0.2) is 44.8 Å². The highest BCUT2D eigenvalue weighted by molar-refractivity contribution is 5.84. The highest BCUT2D eigenvalue weighted by atomic mass is 16.5. The first-order valence-electron chi connectivity index (χ1n) is 5.93. The summed E-state index contributed by atoms with van der Waals surface area (Å²) in [5.41, 5.74) is 0.688. The fraction of sp³-hybridized carbons (Fsp3) is 0.462. The van der Waals surface area contributed by atoms with Crippen LogP contribution in [0.5, 0.6) is 5.75 Å². The van der Waals surface area contributed by atoms with E-state index in [0.29, 0.717) is 25.4 Å².